The van der Waals surface area contributed by atoms with Gasteiger partial charge in [-0.3, -0.25) is 9.59 Å². The maximum Gasteiger partial charge on any atom is 0.333 e. The van der Waals surface area contributed by atoms with Crippen LogP contribution in [0, 0.1) is 5.92 Å². The molecule has 0 bridgehead atoms. The molecule has 6 nitrogen and oxygen atoms in total. The summed E-state index contributed by atoms with van der Waals surface area (Å²) < 4.78 is 34.8. The lowest BCUT2D eigenvalue weighted by Crippen LogP contribution is -2.28. The first-order chi connectivity index (χ1) is 15.3. The number of benzene rings is 1. The Morgan fingerprint density at radius 3 is 2.69 bits per heavy atom. The second-order valence-corrected chi connectivity index (χ2v) is 8.77. The van der Waals surface area contributed by atoms with E-state index in [9.17, 15) is 18.4 Å². The number of halogens is 2. The van der Waals surface area contributed by atoms with Crippen LogP contribution >= 0.6 is 0 Å². The van der Waals surface area contributed by atoms with E-state index in [2.05, 4.69) is 23.5 Å². The number of carbonyl (C=O) groups excluding carboxylic acids is 1. The summed E-state index contributed by atoms with van der Waals surface area (Å²) in [7, 11) is 0. The number of alkyl halides is 2. The molecule has 2 aromatic heterocycles. The van der Waals surface area contributed by atoms with Crippen LogP contribution in [0.4, 0.5) is 8.78 Å². The van der Waals surface area contributed by atoms with Crippen molar-refractivity contribution in [3.8, 4) is 28.1 Å². The molecule has 8 heteroatoms. The number of carbonyl (C=O) groups is 1. The Hall–Kier alpha value is -3.29. The van der Waals surface area contributed by atoms with Gasteiger partial charge in [0, 0.05) is 53.2 Å². The zero-order valence-electron chi connectivity index (χ0n) is 18.1. The van der Waals surface area contributed by atoms with Crippen LogP contribution in [-0.2, 0) is 12.8 Å². The molecule has 3 aromatic rings. The zero-order valence-corrected chi connectivity index (χ0v) is 18.1. The number of Topliss-reactive ketones (excluding diaryl/α,β-unsaturated/α-hetero) is 1. The summed E-state index contributed by atoms with van der Waals surface area (Å²) in [6.07, 6.45) is 5.80. The van der Waals surface area contributed by atoms with Gasteiger partial charge in [0.05, 0.1) is 24.1 Å². The molecular formula is C24H23F2N3O3. The van der Waals surface area contributed by atoms with Crippen molar-refractivity contribution in [2.24, 2.45) is 5.92 Å². The highest BCUT2D eigenvalue weighted by atomic mass is 19.3. The van der Waals surface area contributed by atoms with Crippen LogP contribution in [0.5, 0.6) is 5.75 Å². The second-order valence-electron chi connectivity index (χ2n) is 8.77. The van der Waals surface area contributed by atoms with E-state index in [0.717, 1.165) is 27.9 Å². The Bertz CT molecular complexity index is 1310. The lowest BCUT2D eigenvalue weighted by atomic mass is 9.82. The highest BCUT2D eigenvalue weighted by Crippen LogP contribution is 2.48. The van der Waals surface area contributed by atoms with Crippen LogP contribution in [0.2, 0.25) is 0 Å². The molecule has 0 fully saturated rings. The molecule has 2 aliphatic rings. The lowest BCUT2D eigenvalue weighted by molar-refractivity contribution is 0.0566. The van der Waals surface area contributed by atoms with E-state index in [1.165, 1.54) is 19.3 Å². The van der Waals surface area contributed by atoms with Crippen molar-refractivity contribution in [1.29, 1.82) is 0 Å². The Kier molecular flexibility index (Phi) is 4.76. The van der Waals surface area contributed by atoms with Gasteiger partial charge in [-0.2, -0.15) is 13.9 Å². The van der Waals surface area contributed by atoms with Crippen LogP contribution in [0.15, 0.2) is 35.5 Å². The fraction of sp³-hybridized carbons (Fsp3) is 0.375. The third-order valence-corrected chi connectivity index (χ3v) is 6.44. The van der Waals surface area contributed by atoms with Gasteiger partial charge in [-0.05, 0) is 30.9 Å². The normalized spacial score (nSPS) is 16.7. The van der Waals surface area contributed by atoms with E-state index in [1.807, 2.05) is 6.07 Å². The number of ketones is 1. The Morgan fingerprint density at radius 1 is 1.25 bits per heavy atom. The van der Waals surface area contributed by atoms with Crippen molar-refractivity contribution >= 4 is 5.78 Å². The number of aromatic nitrogens is 3. The second kappa shape index (κ2) is 7.39. The van der Waals surface area contributed by atoms with Crippen molar-refractivity contribution in [2.75, 3.05) is 6.61 Å². The Labute approximate surface area is 183 Å². The van der Waals surface area contributed by atoms with Crippen molar-refractivity contribution in [1.82, 2.24) is 14.3 Å². The molecule has 4 heterocycles. The van der Waals surface area contributed by atoms with E-state index in [0.29, 0.717) is 35.4 Å². The molecule has 2 aliphatic heterocycles. The van der Waals surface area contributed by atoms with Crippen LogP contribution < -0.4 is 10.2 Å². The number of ether oxygens (including phenoxy) is 1. The molecule has 1 aromatic carbocycles. The third kappa shape index (κ3) is 3.08. The fourth-order valence-corrected chi connectivity index (χ4v) is 4.89. The van der Waals surface area contributed by atoms with Crippen molar-refractivity contribution < 1.29 is 18.3 Å². The number of pyridine rings is 1. The lowest BCUT2D eigenvalue weighted by Gasteiger charge is -2.34. The maximum atomic E-state index is 13.1. The number of rotatable bonds is 4. The first kappa shape index (κ1) is 20.6. The van der Waals surface area contributed by atoms with Crippen LogP contribution in [0.25, 0.3) is 22.4 Å². The molecule has 0 N–H and O–H groups in total. The highest BCUT2D eigenvalue weighted by molar-refractivity contribution is 5.94. The molecular weight excluding hydrogens is 416 g/mol. The van der Waals surface area contributed by atoms with Crippen molar-refractivity contribution in [2.45, 2.75) is 46.2 Å². The largest absolute Gasteiger partial charge is 0.492 e. The molecule has 0 radical (unpaired) electrons. The van der Waals surface area contributed by atoms with E-state index in [4.69, 9.17) is 4.74 Å². The number of nitrogens with zero attached hydrogens (tertiary/aromatic N) is 3. The summed E-state index contributed by atoms with van der Waals surface area (Å²) in [6, 6.07) is 3.58. The average molecular weight is 439 g/mol. The average Bonchev–Trinajstić information content (AvgIpc) is 3.41. The van der Waals surface area contributed by atoms with Crippen LogP contribution in [0.3, 0.4) is 0 Å². The molecule has 0 saturated carbocycles. The number of fused-ring (bicyclic) bond motifs is 5. The molecule has 1 atom stereocenters. The van der Waals surface area contributed by atoms with Crippen molar-refractivity contribution in [3.63, 3.8) is 0 Å². The predicted octanol–water partition coefficient (Wildman–Crippen LogP) is 4.66. The van der Waals surface area contributed by atoms with Crippen LogP contribution in [-0.4, -0.2) is 26.7 Å². The van der Waals surface area contributed by atoms with Gasteiger partial charge in [0.15, 0.2) is 11.2 Å². The van der Waals surface area contributed by atoms with Gasteiger partial charge in [-0.1, -0.05) is 13.8 Å². The zero-order chi connectivity index (χ0) is 22.7. The molecule has 32 heavy (non-hydrogen) atoms. The molecule has 0 saturated heterocycles. The molecule has 166 valence electrons. The summed E-state index contributed by atoms with van der Waals surface area (Å²) in [6.45, 7) is 3.38. The monoisotopic (exact) mass is 439 g/mol. The van der Waals surface area contributed by atoms with Gasteiger partial charge in [-0.25, -0.2) is 4.68 Å². The summed E-state index contributed by atoms with van der Waals surface area (Å²) in [5.41, 5.74) is 4.93. The Morgan fingerprint density at radius 2 is 2.03 bits per heavy atom. The minimum Gasteiger partial charge on any atom is -0.492 e. The highest BCUT2D eigenvalue weighted by Gasteiger charge is 2.33. The van der Waals surface area contributed by atoms with Gasteiger partial charge in [0.2, 0.25) is 0 Å². The molecule has 0 aliphatic carbocycles. The smallest absolute Gasteiger partial charge is 0.333 e. The minimum atomic E-state index is -2.71. The standard InChI is InChI=1S/C24H23F2N3O3/c1-12(2)19-7-14-6-17(15-9-27-29(10-15)24(25)26)23-16(4-5-32-23)22(14)20-8-21(31)18(13(3)30)11-28(19)20/h6,8-12,19,24H,4-5,7H2,1-3H3. The predicted molar refractivity (Wildman–Crippen MR) is 115 cm³/mol. The summed E-state index contributed by atoms with van der Waals surface area (Å²) in [5, 5.41) is 3.78. The fourth-order valence-electron chi connectivity index (χ4n) is 4.89. The first-order valence-corrected chi connectivity index (χ1v) is 10.7. The third-order valence-electron chi connectivity index (χ3n) is 6.44. The first-order valence-electron chi connectivity index (χ1n) is 10.7. The van der Waals surface area contributed by atoms with Crippen LogP contribution in [0.1, 0.15) is 54.8 Å². The van der Waals surface area contributed by atoms with E-state index in [1.54, 1.807) is 12.3 Å². The molecule has 5 rings (SSSR count). The number of hydrogen-bond acceptors (Lipinski definition) is 4. The summed E-state index contributed by atoms with van der Waals surface area (Å²) in [4.78, 5) is 24.7. The van der Waals surface area contributed by atoms with Crippen molar-refractivity contribution in [3.05, 3.63) is 57.6 Å². The van der Waals surface area contributed by atoms with E-state index >= 15 is 0 Å². The van der Waals surface area contributed by atoms with E-state index < -0.39 is 6.55 Å². The van der Waals surface area contributed by atoms with Gasteiger partial charge in [-0.15, -0.1) is 0 Å². The summed E-state index contributed by atoms with van der Waals surface area (Å²) in [5.74, 6) is 0.646. The maximum absolute atomic E-state index is 13.1. The molecule has 0 amide bonds. The quantitative estimate of drug-likeness (QED) is 0.555. The SMILES string of the molecule is CC(=O)c1cn2c(cc1=O)-c1c(cc(-c3cnn(C(F)F)c3)c3c1CCO3)CC2C(C)C. The van der Waals surface area contributed by atoms with Gasteiger partial charge >= 0.3 is 6.55 Å². The van der Waals surface area contributed by atoms with E-state index in [-0.39, 0.29) is 28.7 Å². The number of hydrogen-bond donors (Lipinski definition) is 0. The topological polar surface area (TPSA) is 66.1 Å². The van der Waals surface area contributed by atoms with Gasteiger partial charge < -0.3 is 9.30 Å². The minimum absolute atomic E-state index is 0.0493. The van der Waals surface area contributed by atoms with Gasteiger partial charge in [0.1, 0.15) is 5.75 Å². The molecule has 0 spiro atoms. The Balaban J connectivity index is 1.77. The summed E-state index contributed by atoms with van der Waals surface area (Å²) >= 11 is 0. The van der Waals surface area contributed by atoms with Gasteiger partial charge in [0.25, 0.3) is 0 Å². The molecule has 1 unspecified atom stereocenters.